The van der Waals surface area contributed by atoms with Gasteiger partial charge in [-0.3, -0.25) is 0 Å². The van der Waals surface area contributed by atoms with Gasteiger partial charge in [-0.1, -0.05) is 13.0 Å². The third-order valence-corrected chi connectivity index (χ3v) is 3.43. The first kappa shape index (κ1) is 12.5. The zero-order valence-corrected chi connectivity index (χ0v) is 10.9. The SMILES string of the molecule is CC(CNc1cnc(C#N)cn1)Cc1cccs1. The summed E-state index contributed by atoms with van der Waals surface area (Å²) in [6, 6.07) is 6.18. The average molecular weight is 258 g/mol. The highest BCUT2D eigenvalue weighted by Crippen LogP contribution is 2.14. The van der Waals surface area contributed by atoms with E-state index in [0.717, 1.165) is 13.0 Å². The Labute approximate surface area is 110 Å². The van der Waals surface area contributed by atoms with Crippen LogP contribution in [0.15, 0.2) is 29.9 Å². The highest BCUT2D eigenvalue weighted by molar-refractivity contribution is 7.09. The summed E-state index contributed by atoms with van der Waals surface area (Å²) in [5, 5.41) is 13.9. The second-order valence-electron chi connectivity index (χ2n) is 4.17. The Morgan fingerprint density at radius 3 is 2.94 bits per heavy atom. The second kappa shape index (κ2) is 6.12. The molecule has 0 aliphatic rings. The maximum absolute atomic E-state index is 8.62. The van der Waals surface area contributed by atoms with Crippen molar-refractivity contribution in [3.05, 3.63) is 40.5 Å². The van der Waals surface area contributed by atoms with Gasteiger partial charge in [-0.15, -0.1) is 11.3 Å². The average Bonchev–Trinajstić information content (AvgIpc) is 2.90. The Morgan fingerprint density at radius 1 is 1.44 bits per heavy atom. The van der Waals surface area contributed by atoms with Gasteiger partial charge in [0.2, 0.25) is 0 Å². The molecule has 5 heteroatoms. The molecule has 0 saturated carbocycles. The molecule has 0 aromatic carbocycles. The van der Waals surface area contributed by atoms with E-state index in [9.17, 15) is 0 Å². The van der Waals surface area contributed by atoms with Crippen LogP contribution in [0.3, 0.4) is 0 Å². The Kier molecular flexibility index (Phi) is 4.26. The van der Waals surface area contributed by atoms with Crippen molar-refractivity contribution in [1.82, 2.24) is 9.97 Å². The van der Waals surface area contributed by atoms with Gasteiger partial charge < -0.3 is 5.32 Å². The van der Waals surface area contributed by atoms with Gasteiger partial charge in [0.15, 0.2) is 5.69 Å². The summed E-state index contributed by atoms with van der Waals surface area (Å²) in [6.07, 6.45) is 4.14. The monoisotopic (exact) mass is 258 g/mol. The maximum atomic E-state index is 8.62. The minimum Gasteiger partial charge on any atom is -0.369 e. The molecule has 0 amide bonds. The third kappa shape index (κ3) is 3.54. The fourth-order valence-electron chi connectivity index (χ4n) is 1.60. The summed E-state index contributed by atoms with van der Waals surface area (Å²) in [6.45, 7) is 3.04. The molecule has 0 radical (unpaired) electrons. The zero-order valence-electron chi connectivity index (χ0n) is 10.1. The molecule has 0 bridgehead atoms. The van der Waals surface area contributed by atoms with E-state index in [1.807, 2.05) is 6.07 Å². The topological polar surface area (TPSA) is 61.6 Å². The lowest BCUT2D eigenvalue weighted by Gasteiger charge is -2.11. The molecule has 4 nitrogen and oxygen atoms in total. The quantitative estimate of drug-likeness (QED) is 0.895. The molecular formula is C13H14N4S. The molecule has 2 rings (SSSR count). The molecule has 0 fully saturated rings. The number of nitriles is 1. The molecule has 0 aliphatic heterocycles. The molecule has 2 aromatic rings. The number of nitrogens with one attached hydrogen (secondary N) is 1. The molecule has 0 saturated heterocycles. The highest BCUT2D eigenvalue weighted by atomic mass is 32.1. The molecule has 1 unspecified atom stereocenters. The Balaban J connectivity index is 1.81. The van der Waals surface area contributed by atoms with Gasteiger partial charge in [0.1, 0.15) is 11.9 Å². The zero-order chi connectivity index (χ0) is 12.8. The Bertz CT molecular complexity index is 513. The van der Waals surface area contributed by atoms with Crippen LogP contribution in [0, 0.1) is 17.2 Å². The molecule has 1 atom stereocenters. The number of nitrogens with zero attached hydrogens (tertiary/aromatic N) is 3. The number of anilines is 1. The van der Waals surface area contributed by atoms with E-state index in [4.69, 9.17) is 5.26 Å². The third-order valence-electron chi connectivity index (χ3n) is 2.53. The van der Waals surface area contributed by atoms with Crippen molar-refractivity contribution in [2.24, 2.45) is 5.92 Å². The fraction of sp³-hybridized carbons (Fsp3) is 0.308. The second-order valence-corrected chi connectivity index (χ2v) is 5.20. The first-order valence-electron chi connectivity index (χ1n) is 5.76. The van der Waals surface area contributed by atoms with E-state index in [1.54, 1.807) is 17.5 Å². The maximum Gasteiger partial charge on any atom is 0.158 e. The van der Waals surface area contributed by atoms with Gasteiger partial charge in [-0.05, 0) is 23.8 Å². The first-order valence-corrected chi connectivity index (χ1v) is 6.64. The summed E-state index contributed by atoms with van der Waals surface area (Å²) in [5.41, 5.74) is 0.340. The largest absolute Gasteiger partial charge is 0.369 e. The van der Waals surface area contributed by atoms with Crippen molar-refractivity contribution in [2.75, 3.05) is 11.9 Å². The van der Waals surface area contributed by atoms with Crippen molar-refractivity contribution in [2.45, 2.75) is 13.3 Å². The summed E-state index contributed by atoms with van der Waals surface area (Å²) in [7, 11) is 0. The van der Waals surface area contributed by atoms with Crippen LogP contribution in [0.5, 0.6) is 0 Å². The van der Waals surface area contributed by atoms with Gasteiger partial charge in [-0.25, -0.2) is 9.97 Å². The lowest BCUT2D eigenvalue weighted by Crippen LogP contribution is -2.14. The Hall–Kier alpha value is -1.93. The van der Waals surface area contributed by atoms with Crippen LogP contribution in [-0.2, 0) is 6.42 Å². The number of hydrogen-bond acceptors (Lipinski definition) is 5. The lowest BCUT2D eigenvalue weighted by molar-refractivity contribution is 0.616. The van der Waals surface area contributed by atoms with Gasteiger partial charge in [0.05, 0.1) is 12.4 Å². The minimum absolute atomic E-state index is 0.340. The highest BCUT2D eigenvalue weighted by Gasteiger charge is 2.05. The molecule has 0 spiro atoms. The molecule has 1 N–H and O–H groups in total. The van der Waals surface area contributed by atoms with Gasteiger partial charge in [-0.2, -0.15) is 5.26 Å². The normalized spacial score (nSPS) is 11.8. The van der Waals surface area contributed by atoms with Crippen LogP contribution >= 0.6 is 11.3 Å². The molecule has 2 heterocycles. The summed E-state index contributed by atoms with van der Waals surface area (Å²) in [5.74, 6) is 1.24. The van der Waals surface area contributed by atoms with E-state index in [1.165, 1.54) is 11.1 Å². The van der Waals surface area contributed by atoms with E-state index >= 15 is 0 Å². The van der Waals surface area contributed by atoms with Gasteiger partial charge in [0.25, 0.3) is 0 Å². The lowest BCUT2D eigenvalue weighted by atomic mass is 10.1. The van der Waals surface area contributed by atoms with Gasteiger partial charge >= 0.3 is 0 Å². The standard InChI is InChI=1S/C13H14N4S/c1-10(5-12-3-2-4-18-12)7-16-13-9-15-11(6-14)8-17-13/h2-4,8-10H,5,7H2,1H3,(H,16,17). The van der Waals surface area contributed by atoms with E-state index in [0.29, 0.717) is 17.4 Å². The van der Waals surface area contributed by atoms with Crippen LogP contribution in [0.4, 0.5) is 5.82 Å². The first-order chi connectivity index (χ1) is 8.78. The van der Waals surface area contributed by atoms with Crippen molar-refractivity contribution < 1.29 is 0 Å². The predicted octanol–water partition coefficient (Wildman–Crippen LogP) is 2.70. The predicted molar refractivity (Wildman–Crippen MR) is 72.4 cm³/mol. The fourth-order valence-corrected chi connectivity index (χ4v) is 2.47. The van der Waals surface area contributed by atoms with Crippen molar-refractivity contribution in [1.29, 1.82) is 5.26 Å². The number of thiophene rings is 1. The minimum atomic E-state index is 0.340. The van der Waals surface area contributed by atoms with Crippen molar-refractivity contribution >= 4 is 17.2 Å². The van der Waals surface area contributed by atoms with Crippen molar-refractivity contribution in [3.63, 3.8) is 0 Å². The molecule has 18 heavy (non-hydrogen) atoms. The number of rotatable bonds is 5. The molecule has 0 aliphatic carbocycles. The number of aromatic nitrogens is 2. The van der Waals surface area contributed by atoms with Crippen LogP contribution in [0.2, 0.25) is 0 Å². The van der Waals surface area contributed by atoms with E-state index in [2.05, 4.69) is 39.7 Å². The molecule has 2 aromatic heterocycles. The van der Waals surface area contributed by atoms with Gasteiger partial charge in [0, 0.05) is 11.4 Å². The van der Waals surface area contributed by atoms with Crippen LogP contribution in [-0.4, -0.2) is 16.5 Å². The smallest absolute Gasteiger partial charge is 0.158 e. The van der Waals surface area contributed by atoms with Crippen LogP contribution in [0.1, 0.15) is 17.5 Å². The summed E-state index contributed by atoms with van der Waals surface area (Å²) in [4.78, 5) is 9.49. The van der Waals surface area contributed by atoms with Crippen LogP contribution < -0.4 is 5.32 Å². The Morgan fingerprint density at radius 2 is 2.33 bits per heavy atom. The van der Waals surface area contributed by atoms with E-state index in [-0.39, 0.29) is 0 Å². The molecular weight excluding hydrogens is 244 g/mol. The van der Waals surface area contributed by atoms with Crippen LogP contribution in [0.25, 0.3) is 0 Å². The van der Waals surface area contributed by atoms with Crippen molar-refractivity contribution in [3.8, 4) is 6.07 Å². The number of hydrogen-bond donors (Lipinski definition) is 1. The summed E-state index contributed by atoms with van der Waals surface area (Å²) >= 11 is 1.79. The summed E-state index contributed by atoms with van der Waals surface area (Å²) < 4.78 is 0. The molecule has 92 valence electrons. The van der Waals surface area contributed by atoms with E-state index < -0.39 is 0 Å².